The highest BCUT2D eigenvalue weighted by atomic mass is 35.5. The Morgan fingerprint density at radius 1 is 1.10 bits per heavy atom. The van der Waals surface area contributed by atoms with Crippen molar-refractivity contribution < 1.29 is 22.6 Å². The fraction of sp³-hybridized carbons (Fsp3) is 0.273. The smallest absolute Gasteiger partial charge is 0.419 e. The number of para-hydroxylation sites is 1. The van der Waals surface area contributed by atoms with Crippen LogP contribution in [0.3, 0.4) is 0 Å². The monoisotopic (exact) mass is 450 g/mol. The zero-order valence-electron chi connectivity index (χ0n) is 16.2. The molecule has 2 aromatic carbocycles. The summed E-state index contributed by atoms with van der Waals surface area (Å²) >= 11 is 6.24. The van der Waals surface area contributed by atoms with Gasteiger partial charge in [0.1, 0.15) is 11.5 Å². The molecule has 31 heavy (non-hydrogen) atoms. The third-order valence-electron chi connectivity index (χ3n) is 4.95. The summed E-state index contributed by atoms with van der Waals surface area (Å²) in [6, 6.07) is 11.1. The van der Waals surface area contributed by atoms with Gasteiger partial charge in [-0.1, -0.05) is 35.9 Å². The molecule has 4 rings (SSSR count). The lowest BCUT2D eigenvalue weighted by molar-refractivity contribution is -0.138. The van der Waals surface area contributed by atoms with E-state index in [0.29, 0.717) is 18.6 Å². The van der Waals surface area contributed by atoms with Crippen molar-refractivity contribution in [3.63, 3.8) is 0 Å². The molecule has 0 N–H and O–H groups in total. The molecule has 1 atom stereocenters. The van der Waals surface area contributed by atoms with Crippen LogP contribution < -0.4 is 10.3 Å². The molecule has 3 aromatic rings. The largest absolute Gasteiger partial charge is 0.457 e. The second kappa shape index (κ2) is 8.72. The van der Waals surface area contributed by atoms with Crippen LogP contribution in [0.15, 0.2) is 59.5 Å². The van der Waals surface area contributed by atoms with Gasteiger partial charge in [-0.25, -0.2) is 4.68 Å². The van der Waals surface area contributed by atoms with Crippen molar-refractivity contribution in [3.05, 3.63) is 75.7 Å². The molecule has 1 aliphatic rings. The van der Waals surface area contributed by atoms with Crippen LogP contribution in [-0.2, 0) is 10.9 Å². The summed E-state index contributed by atoms with van der Waals surface area (Å²) in [4.78, 5) is 13.0. The number of aromatic nitrogens is 2. The van der Waals surface area contributed by atoms with Gasteiger partial charge in [0.15, 0.2) is 6.23 Å². The van der Waals surface area contributed by atoms with Crippen LogP contribution >= 0.6 is 11.6 Å². The molecule has 162 valence electrons. The zero-order chi connectivity index (χ0) is 22.0. The van der Waals surface area contributed by atoms with Crippen molar-refractivity contribution in [2.24, 2.45) is 0 Å². The molecular formula is C22H18ClF3N2O3. The van der Waals surface area contributed by atoms with Crippen molar-refractivity contribution in [3.8, 4) is 22.6 Å². The van der Waals surface area contributed by atoms with E-state index in [4.69, 9.17) is 21.1 Å². The van der Waals surface area contributed by atoms with Gasteiger partial charge >= 0.3 is 6.18 Å². The number of ether oxygens (including phenoxy) is 2. The van der Waals surface area contributed by atoms with E-state index in [1.54, 1.807) is 12.1 Å². The topological polar surface area (TPSA) is 53.3 Å². The van der Waals surface area contributed by atoms with E-state index in [2.05, 4.69) is 5.10 Å². The van der Waals surface area contributed by atoms with Crippen LogP contribution in [0.5, 0.6) is 11.5 Å². The Morgan fingerprint density at radius 2 is 1.84 bits per heavy atom. The highest BCUT2D eigenvalue weighted by molar-refractivity contribution is 6.33. The van der Waals surface area contributed by atoms with Crippen LogP contribution in [0, 0.1) is 0 Å². The first-order valence-electron chi connectivity index (χ1n) is 9.68. The molecule has 5 nitrogen and oxygen atoms in total. The normalized spacial score (nSPS) is 16.8. The molecule has 0 aliphatic carbocycles. The number of hydrogen-bond acceptors (Lipinski definition) is 4. The molecule has 1 unspecified atom stereocenters. The summed E-state index contributed by atoms with van der Waals surface area (Å²) < 4.78 is 51.9. The Bertz CT molecular complexity index is 1120. The molecule has 2 heterocycles. The van der Waals surface area contributed by atoms with Gasteiger partial charge in [0.2, 0.25) is 0 Å². The van der Waals surface area contributed by atoms with Gasteiger partial charge in [0.05, 0.1) is 22.3 Å². The molecule has 0 saturated carbocycles. The number of nitrogens with zero attached hydrogens (tertiary/aromatic N) is 2. The number of hydrogen-bond donors (Lipinski definition) is 0. The third-order valence-corrected chi connectivity index (χ3v) is 5.23. The van der Waals surface area contributed by atoms with Crippen molar-refractivity contribution in [1.29, 1.82) is 0 Å². The minimum Gasteiger partial charge on any atom is -0.457 e. The lowest BCUT2D eigenvalue weighted by Gasteiger charge is -2.23. The summed E-state index contributed by atoms with van der Waals surface area (Å²) in [5, 5.41) is 4.28. The summed E-state index contributed by atoms with van der Waals surface area (Å²) in [6.07, 6.45) is -1.04. The van der Waals surface area contributed by atoms with E-state index in [0.717, 1.165) is 18.9 Å². The number of rotatable bonds is 4. The van der Waals surface area contributed by atoms with E-state index in [-0.39, 0.29) is 22.1 Å². The summed E-state index contributed by atoms with van der Waals surface area (Å²) in [6.45, 7) is 0.558. The van der Waals surface area contributed by atoms with Crippen LogP contribution in [0.25, 0.3) is 11.1 Å². The Balaban J connectivity index is 1.63. The van der Waals surface area contributed by atoms with Crippen LogP contribution in [0.1, 0.15) is 31.1 Å². The van der Waals surface area contributed by atoms with Crippen molar-refractivity contribution in [2.75, 3.05) is 6.61 Å². The third kappa shape index (κ3) is 4.60. The average Bonchev–Trinajstić information content (AvgIpc) is 2.75. The van der Waals surface area contributed by atoms with Crippen LogP contribution in [0.4, 0.5) is 13.2 Å². The SMILES string of the molecule is O=c1c(-c2ccc(Oc3ccccc3C(F)(F)F)cc2)c(Cl)cnn1C1CCCCO1. The minimum absolute atomic E-state index is 0.174. The van der Waals surface area contributed by atoms with Gasteiger partial charge < -0.3 is 9.47 Å². The van der Waals surface area contributed by atoms with Gasteiger partial charge in [-0.2, -0.15) is 18.3 Å². The fourth-order valence-corrected chi connectivity index (χ4v) is 3.67. The maximum absolute atomic E-state index is 13.2. The molecule has 1 aromatic heterocycles. The lowest BCUT2D eigenvalue weighted by atomic mass is 10.1. The molecule has 0 radical (unpaired) electrons. The number of alkyl halides is 3. The molecule has 9 heteroatoms. The van der Waals surface area contributed by atoms with Gasteiger partial charge in [0.25, 0.3) is 5.56 Å². The molecule has 1 aliphatic heterocycles. The quantitative estimate of drug-likeness (QED) is 0.484. The van der Waals surface area contributed by atoms with E-state index in [1.165, 1.54) is 41.2 Å². The predicted molar refractivity (Wildman–Crippen MR) is 109 cm³/mol. The molecule has 0 amide bonds. The van der Waals surface area contributed by atoms with Gasteiger partial charge in [-0.15, -0.1) is 0 Å². The standard InChI is InChI=1S/C22H18ClF3N2O3/c23-17-13-27-28(19-7-3-4-12-30-19)21(29)20(17)14-8-10-15(11-9-14)31-18-6-2-1-5-16(18)22(24,25)26/h1-2,5-6,8-11,13,19H,3-4,7,12H2. The first-order chi connectivity index (χ1) is 14.8. The van der Waals surface area contributed by atoms with Crippen molar-refractivity contribution in [1.82, 2.24) is 9.78 Å². The summed E-state index contributed by atoms with van der Waals surface area (Å²) in [7, 11) is 0. The highest BCUT2D eigenvalue weighted by Gasteiger charge is 2.34. The van der Waals surface area contributed by atoms with Gasteiger partial charge in [0, 0.05) is 6.61 Å². The van der Waals surface area contributed by atoms with E-state index >= 15 is 0 Å². The minimum atomic E-state index is -4.53. The van der Waals surface area contributed by atoms with E-state index in [1.807, 2.05) is 0 Å². The first kappa shape index (κ1) is 21.4. The molecular weight excluding hydrogens is 433 g/mol. The molecule has 0 spiro atoms. The van der Waals surface area contributed by atoms with Crippen LogP contribution in [-0.4, -0.2) is 16.4 Å². The maximum atomic E-state index is 13.2. The van der Waals surface area contributed by atoms with Gasteiger partial charge in [-0.05, 0) is 49.1 Å². The van der Waals surface area contributed by atoms with Crippen LogP contribution in [0.2, 0.25) is 5.02 Å². The molecule has 1 saturated heterocycles. The van der Waals surface area contributed by atoms with Crippen molar-refractivity contribution in [2.45, 2.75) is 31.7 Å². The number of benzene rings is 2. The lowest BCUT2D eigenvalue weighted by Crippen LogP contribution is -2.31. The van der Waals surface area contributed by atoms with Gasteiger partial charge in [-0.3, -0.25) is 4.79 Å². The Labute approximate surface area is 181 Å². The second-order valence-electron chi connectivity index (χ2n) is 7.06. The highest BCUT2D eigenvalue weighted by Crippen LogP contribution is 2.38. The summed E-state index contributed by atoms with van der Waals surface area (Å²) in [5.74, 6) is -0.108. The van der Waals surface area contributed by atoms with E-state index in [9.17, 15) is 18.0 Å². The summed E-state index contributed by atoms with van der Waals surface area (Å²) in [5.41, 5.74) is -0.520. The zero-order valence-corrected chi connectivity index (χ0v) is 17.0. The Kier molecular flexibility index (Phi) is 6.02. The van der Waals surface area contributed by atoms with E-state index < -0.39 is 23.5 Å². The average molecular weight is 451 g/mol. The fourth-order valence-electron chi connectivity index (χ4n) is 3.44. The Hall–Kier alpha value is -2.84. The van der Waals surface area contributed by atoms with Crippen molar-refractivity contribution >= 4 is 11.6 Å². The molecule has 1 fully saturated rings. The maximum Gasteiger partial charge on any atom is 0.419 e. The second-order valence-corrected chi connectivity index (χ2v) is 7.47. The number of halogens is 4. The molecule has 0 bridgehead atoms. The predicted octanol–water partition coefficient (Wildman–Crippen LogP) is 6.07. The first-order valence-corrected chi connectivity index (χ1v) is 10.1. The Morgan fingerprint density at radius 3 is 2.52 bits per heavy atom.